The Balaban J connectivity index is 1.94. The number of aromatic nitrogens is 1. The SMILES string of the molecule is Cc1cccc(-c2nc3ccc(NC(=O)C(Cl)(Cl)Cl)cc3o2)c1. The van der Waals surface area contributed by atoms with Crippen molar-refractivity contribution in [3.63, 3.8) is 0 Å². The summed E-state index contributed by atoms with van der Waals surface area (Å²) in [4.78, 5) is 16.1. The highest BCUT2D eigenvalue weighted by Crippen LogP contribution is 2.30. The molecule has 0 atom stereocenters. The van der Waals surface area contributed by atoms with Gasteiger partial charge in [-0.2, -0.15) is 0 Å². The second-order valence-electron chi connectivity index (χ2n) is 5.02. The first-order valence-corrected chi connectivity index (χ1v) is 7.82. The number of fused-ring (bicyclic) bond motifs is 1. The Morgan fingerprint density at radius 1 is 1.17 bits per heavy atom. The predicted octanol–water partition coefficient (Wildman–Crippen LogP) is 5.11. The van der Waals surface area contributed by atoms with Crippen LogP contribution in [0.3, 0.4) is 0 Å². The molecule has 1 amide bonds. The smallest absolute Gasteiger partial charge is 0.276 e. The van der Waals surface area contributed by atoms with Gasteiger partial charge in [-0.05, 0) is 31.2 Å². The zero-order valence-corrected chi connectivity index (χ0v) is 14.2. The van der Waals surface area contributed by atoms with Crippen LogP contribution in [-0.2, 0) is 4.79 Å². The van der Waals surface area contributed by atoms with Crippen LogP contribution in [0.2, 0.25) is 0 Å². The maximum atomic E-state index is 11.7. The van der Waals surface area contributed by atoms with E-state index >= 15 is 0 Å². The van der Waals surface area contributed by atoms with E-state index in [4.69, 9.17) is 39.2 Å². The number of amides is 1. The molecule has 3 rings (SSSR count). The minimum Gasteiger partial charge on any atom is -0.436 e. The number of aryl methyl sites for hydroxylation is 1. The molecule has 0 saturated heterocycles. The molecule has 0 unspecified atom stereocenters. The molecule has 2 aromatic carbocycles. The number of carbonyl (C=O) groups excluding carboxylic acids is 1. The molecule has 1 aromatic heterocycles. The van der Waals surface area contributed by atoms with Crippen molar-refractivity contribution in [2.45, 2.75) is 10.7 Å². The number of hydrogen-bond acceptors (Lipinski definition) is 3. The Labute approximate surface area is 147 Å². The average Bonchev–Trinajstić information content (AvgIpc) is 2.89. The normalized spacial score (nSPS) is 11.7. The molecular weight excluding hydrogens is 359 g/mol. The molecule has 0 bridgehead atoms. The van der Waals surface area contributed by atoms with Gasteiger partial charge in [0, 0.05) is 17.3 Å². The monoisotopic (exact) mass is 368 g/mol. The molecule has 0 fully saturated rings. The van der Waals surface area contributed by atoms with Crippen LogP contribution >= 0.6 is 34.8 Å². The zero-order chi connectivity index (χ0) is 16.6. The molecule has 1 heterocycles. The number of halogens is 3. The van der Waals surface area contributed by atoms with Crippen molar-refractivity contribution in [3.05, 3.63) is 48.0 Å². The van der Waals surface area contributed by atoms with Crippen LogP contribution in [0.5, 0.6) is 0 Å². The lowest BCUT2D eigenvalue weighted by atomic mass is 10.1. The van der Waals surface area contributed by atoms with E-state index in [1.807, 2.05) is 31.2 Å². The first-order chi connectivity index (χ1) is 10.8. The van der Waals surface area contributed by atoms with Crippen molar-refractivity contribution in [1.82, 2.24) is 4.98 Å². The highest BCUT2D eigenvalue weighted by molar-refractivity contribution is 6.76. The van der Waals surface area contributed by atoms with Crippen LogP contribution in [0.15, 0.2) is 46.9 Å². The molecule has 7 heteroatoms. The standard InChI is InChI=1S/C16H11Cl3N2O2/c1-9-3-2-4-10(7-9)14-21-12-6-5-11(8-13(12)23-14)20-15(22)16(17,18)19/h2-8H,1H3,(H,20,22). The Morgan fingerprint density at radius 3 is 2.65 bits per heavy atom. The molecule has 0 aliphatic heterocycles. The Morgan fingerprint density at radius 2 is 1.96 bits per heavy atom. The Hall–Kier alpha value is -1.75. The highest BCUT2D eigenvalue weighted by atomic mass is 35.6. The van der Waals surface area contributed by atoms with Crippen LogP contribution < -0.4 is 5.32 Å². The lowest BCUT2D eigenvalue weighted by molar-refractivity contribution is -0.115. The van der Waals surface area contributed by atoms with Crippen molar-refractivity contribution in [3.8, 4) is 11.5 Å². The van der Waals surface area contributed by atoms with Gasteiger partial charge in [0.15, 0.2) is 5.58 Å². The van der Waals surface area contributed by atoms with Crippen LogP contribution in [-0.4, -0.2) is 14.7 Å². The van der Waals surface area contributed by atoms with Crippen LogP contribution in [0.4, 0.5) is 5.69 Å². The number of oxazole rings is 1. The van der Waals surface area contributed by atoms with Gasteiger partial charge in [-0.25, -0.2) is 4.98 Å². The second-order valence-corrected chi connectivity index (χ2v) is 7.30. The van der Waals surface area contributed by atoms with Gasteiger partial charge in [-0.3, -0.25) is 4.79 Å². The van der Waals surface area contributed by atoms with E-state index < -0.39 is 9.70 Å². The summed E-state index contributed by atoms with van der Waals surface area (Å²) in [7, 11) is 0. The van der Waals surface area contributed by atoms with Gasteiger partial charge in [-0.1, -0.05) is 52.5 Å². The second kappa shape index (κ2) is 6.04. The van der Waals surface area contributed by atoms with Crippen LogP contribution in [0, 0.1) is 6.92 Å². The van der Waals surface area contributed by atoms with Crippen molar-refractivity contribution >= 4 is 57.5 Å². The van der Waals surface area contributed by atoms with E-state index in [0.29, 0.717) is 22.7 Å². The van der Waals surface area contributed by atoms with E-state index in [-0.39, 0.29) is 0 Å². The first kappa shape index (κ1) is 16.1. The Kier molecular flexibility index (Phi) is 4.23. The number of anilines is 1. The van der Waals surface area contributed by atoms with Gasteiger partial charge >= 0.3 is 0 Å². The van der Waals surface area contributed by atoms with Crippen LogP contribution in [0.1, 0.15) is 5.56 Å². The summed E-state index contributed by atoms with van der Waals surface area (Å²) in [6.45, 7) is 2.00. The molecule has 23 heavy (non-hydrogen) atoms. The summed E-state index contributed by atoms with van der Waals surface area (Å²) in [6.07, 6.45) is 0. The third-order valence-corrected chi connectivity index (χ3v) is 3.68. The summed E-state index contributed by atoms with van der Waals surface area (Å²) in [5.74, 6) is -0.228. The van der Waals surface area contributed by atoms with Crippen molar-refractivity contribution in [2.75, 3.05) is 5.32 Å². The molecule has 3 aromatic rings. The number of alkyl halides is 3. The van der Waals surface area contributed by atoms with E-state index in [0.717, 1.165) is 11.1 Å². The highest BCUT2D eigenvalue weighted by Gasteiger charge is 2.30. The quantitative estimate of drug-likeness (QED) is 0.638. The summed E-state index contributed by atoms with van der Waals surface area (Å²) in [5.41, 5.74) is 3.66. The van der Waals surface area contributed by atoms with Crippen LogP contribution in [0.25, 0.3) is 22.6 Å². The third kappa shape index (κ3) is 3.61. The fraction of sp³-hybridized carbons (Fsp3) is 0.125. The molecule has 0 aliphatic carbocycles. The van der Waals surface area contributed by atoms with Gasteiger partial charge in [0.05, 0.1) is 0 Å². The maximum Gasteiger partial charge on any atom is 0.276 e. The number of nitrogens with zero attached hydrogens (tertiary/aromatic N) is 1. The summed E-state index contributed by atoms with van der Waals surface area (Å²) < 4.78 is 3.73. The zero-order valence-electron chi connectivity index (χ0n) is 11.9. The summed E-state index contributed by atoms with van der Waals surface area (Å²) in [6, 6.07) is 12.9. The van der Waals surface area contributed by atoms with E-state index in [2.05, 4.69) is 10.3 Å². The van der Waals surface area contributed by atoms with Gasteiger partial charge < -0.3 is 9.73 Å². The molecular formula is C16H11Cl3N2O2. The fourth-order valence-electron chi connectivity index (χ4n) is 2.11. The molecule has 0 spiro atoms. The number of rotatable bonds is 2. The molecule has 1 N–H and O–H groups in total. The van der Waals surface area contributed by atoms with E-state index in [9.17, 15) is 4.79 Å². The van der Waals surface area contributed by atoms with Gasteiger partial charge in [0.2, 0.25) is 5.89 Å². The minimum atomic E-state index is -2.02. The van der Waals surface area contributed by atoms with Gasteiger partial charge in [0.25, 0.3) is 9.70 Å². The largest absolute Gasteiger partial charge is 0.436 e. The van der Waals surface area contributed by atoms with Crippen molar-refractivity contribution in [2.24, 2.45) is 0 Å². The first-order valence-electron chi connectivity index (χ1n) is 6.69. The van der Waals surface area contributed by atoms with Crippen molar-refractivity contribution < 1.29 is 9.21 Å². The molecule has 118 valence electrons. The number of benzene rings is 2. The third-order valence-electron chi connectivity index (χ3n) is 3.17. The molecule has 0 aliphatic rings. The fourth-order valence-corrected chi connectivity index (χ4v) is 2.25. The van der Waals surface area contributed by atoms with E-state index in [1.54, 1.807) is 18.2 Å². The van der Waals surface area contributed by atoms with Crippen molar-refractivity contribution in [1.29, 1.82) is 0 Å². The number of nitrogens with one attached hydrogen (secondary N) is 1. The lowest BCUT2D eigenvalue weighted by Crippen LogP contribution is -2.26. The number of hydrogen-bond donors (Lipinski definition) is 1. The summed E-state index contributed by atoms with van der Waals surface area (Å²) >= 11 is 16.6. The number of carbonyl (C=O) groups is 1. The van der Waals surface area contributed by atoms with E-state index in [1.165, 1.54) is 0 Å². The lowest BCUT2D eigenvalue weighted by Gasteiger charge is -2.10. The molecule has 0 saturated carbocycles. The average molecular weight is 370 g/mol. The van der Waals surface area contributed by atoms with Gasteiger partial charge in [0.1, 0.15) is 5.52 Å². The maximum absolute atomic E-state index is 11.7. The van der Waals surface area contributed by atoms with Gasteiger partial charge in [-0.15, -0.1) is 0 Å². The predicted molar refractivity (Wildman–Crippen MR) is 93.1 cm³/mol. The Bertz CT molecular complexity index is 884. The minimum absolute atomic E-state index is 0.459. The molecule has 4 nitrogen and oxygen atoms in total. The molecule has 0 radical (unpaired) electrons. The summed E-state index contributed by atoms with van der Waals surface area (Å²) in [5, 5.41) is 2.51. The topological polar surface area (TPSA) is 55.1 Å².